The van der Waals surface area contributed by atoms with E-state index in [-0.39, 0.29) is 12.1 Å². The molecule has 1 aliphatic heterocycles. The highest BCUT2D eigenvalue weighted by Crippen LogP contribution is 2.45. The van der Waals surface area contributed by atoms with Crippen molar-refractivity contribution in [3.8, 4) is 11.4 Å². The van der Waals surface area contributed by atoms with Crippen LogP contribution in [0.3, 0.4) is 0 Å². The number of aryl methyl sites for hydroxylation is 1. The first-order valence-corrected chi connectivity index (χ1v) is 13.3. The average molecular weight is 539 g/mol. The summed E-state index contributed by atoms with van der Waals surface area (Å²) in [5.74, 6) is 0.625. The number of nitrogens with zero attached hydrogens (tertiary/aromatic N) is 3. The Bertz CT molecular complexity index is 1660. The van der Waals surface area contributed by atoms with Crippen LogP contribution in [0, 0.1) is 13.8 Å². The first-order valence-electron chi connectivity index (χ1n) is 12.5. The van der Waals surface area contributed by atoms with Gasteiger partial charge in [0, 0.05) is 28.7 Å². The van der Waals surface area contributed by atoms with Gasteiger partial charge in [0.25, 0.3) is 0 Å². The SMILES string of the molecule is COc1ccc(N2C(=S)N[C@@H](c3ccccn3)[C@H]2c2cc(C)n(-c3cccc4ccccc34)c2C)cc1Cl. The van der Waals surface area contributed by atoms with E-state index in [1.165, 1.54) is 16.3 Å². The third kappa shape index (κ3) is 4.01. The molecule has 2 aromatic heterocycles. The molecule has 1 aliphatic rings. The molecule has 0 saturated carbocycles. The predicted octanol–water partition coefficient (Wildman–Crippen LogP) is 7.48. The van der Waals surface area contributed by atoms with Crippen LogP contribution in [-0.4, -0.2) is 21.8 Å². The van der Waals surface area contributed by atoms with Crippen LogP contribution in [0.25, 0.3) is 16.5 Å². The summed E-state index contributed by atoms with van der Waals surface area (Å²) in [6.07, 6.45) is 1.82. The number of benzene rings is 3. The average Bonchev–Trinajstić information content (AvgIpc) is 3.43. The number of fused-ring (bicyclic) bond motifs is 1. The molecule has 38 heavy (non-hydrogen) atoms. The Labute approximate surface area is 232 Å². The van der Waals surface area contributed by atoms with Crippen molar-refractivity contribution in [2.45, 2.75) is 25.9 Å². The van der Waals surface area contributed by atoms with Crippen molar-refractivity contribution in [3.05, 3.63) is 119 Å². The minimum atomic E-state index is -0.147. The zero-order valence-electron chi connectivity index (χ0n) is 21.4. The van der Waals surface area contributed by atoms with Crippen molar-refractivity contribution in [2.75, 3.05) is 12.0 Å². The molecule has 0 spiro atoms. The maximum absolute atomic E-state index is 6.57. The monoisotopic (exact) mass is 538 g/mol. The standard InChI is InChI=1S/C31H27ClN4OS/c1-19-17-24(20(2)35(19)27-13-8-10-21-9-4-5-11-23(21)27)30-29(26-12-6-7-16-33-26)34-31(38)36(30)22-14-15-28(37-3)25(32)18-22/h4-18,29-30H,1-3H3,(H,34,38)/t29-,30+/m0/s1. The van der Waals surface area contributed by atoms with E-state index >= 15 is 0 Å². The molecule has 0 radical (unpaired) electrons. The van der Waals surface area contributed by atoms with Gasteiger partial charge in [0.2, 0.25) is 0 Å². The number of ether oxygens (including phenoxy) is 1. The molecule has 0 bridgehead atoms. The number of nitrogens with one attached hydrogen (secondary N) is 1. The summed E-state index contributed by atoms with van der Waals surface area (Å²) in [5.41, 5.74) is 6.46. The number of thiocarbonyl (C=S) groups is 1. The number of halogens is 1. The zero-order valence-corrected chi connectivity index (χ0v) is 22.9. The molecule has 2 atom stereocenters. The van der Waals surface area contributed by atoms with E-state index in [1.54, 1.807) is 7.11 Å². The van der Waals surface area contributed by atoms with E-state index in [4.69, 9.17) is 33.5 Å². The van der Waals surface area contributed by atoms with Crippen molar-refractivity contribution in [2.24, 2.45) is 0 Å². The Morgan fingerprint density at radius 3 is 2.50 bits per heavy atom. The van der Waals surface area contributed by atoms with Crippen LogP contribution in [-0.2, 0) is 0 Å². The Morgan fingerprint density at radius 1 is 0.947 bits per heavy atom. The van der Waals surface area contributed by atoms with Gasteiger partial charge in [-0.25, -0.2) is 0 Å². The van der Waals surface area contributed by atoms with Gasteiger partial charge in [0.15, 0.2) is 5.11 Å². The van der Waals surface area contributed by atoms with Crippen LogP contribution in [0.15, 0.2) is 91.1 Å². The lowest BCUT2D eigenvalue weighted by atomic mass is 9.96. The fourth-order valence-corrected chi connectivity index (χ4v) is 6.21. The first kappa shape index (κ1) is 24.5. The Kier molecular flexibility index (Phi) is 6.30. The lowest BCUT2D eigenvalue weighted by Crippen LogP contribution is -2.29. The fourth-order valence-electron chi connectivity index (χ4n) is 5.62. The molecule has 0 aliphatic carbocycles. The second kappa shape index (κ2) is 9.78. The van der Waals surface area contributed by atoms with Crippen molar-refractivity contribution in [3.63, 3.8) is 0 Å². The van der Waals surface area contributed by atoms with Crippen molar-refractivity contribution < 1.29 is 4.74 Å². The molecule has 190 valence electrons. The normalized spacial score (nSPS) is 17.2. The quantitative estimate of drug-likeness (QED) is 0.235. The van der Waals surface area contributed by atoms with Crippen LogP contribution < -0.4 is 15.0 Å². The van der Waals surface area contributed by atoms with Gasteiger partial charge in [-0.15, -0.1) is 0 Å². The van der Waals surface area contributed by atoms with Gasteiger partial charge in [-0.05, 0) is 79.5 Å². The number of hydrogen-bond donors (Lipinski definition) is 1. The second-order valence-corrected chi connectivity index (χ2v) is 10.3. The molecule has 5 aromatic rings. The van der Waals surface area contributed by atoms with Gasteiger partial charge < -0.3 is 19.5 Å². The van der Waals surface area contributed by atoms with Gasteiger partial charge in [-0.2, -0.15) is 0 Å². The van der Waals surface area contributed by atoms with Crippen LogP contribution >= 0.6 is 23.8 Å². The number of rotatable bonds is 5. The lowest BCUT2D eigenvalue weighted by molar-refractivity contribution is 0.415. The summed E-state index contributed by atoms with van der Waals surface area (Å²) in [5, 5.41) is 7.14. The second-order valence-electron chi connectivity index (χ2n) is 9.48. The molecule has 5 nitrogen and oxygen atoms in total. The van der Waals surface area contributed by atoms with Gasteiger partial charge in [0.05, 0.1) is 35.6 Å². The summed E-state index contributed by atoms with van der Waals surface area (Å²) in [6.45, 7) is 4.34. The summed E-state index contributed by atoms with van der Waals surface area (Å²) < 4.78 is 7.74. The molecule has 3 aromatic carbocycles. The van der Waals surface area contributed by atoms with Crippen molar-refractivity contribution in [1.82, 2.24) is 14.9 Å². The molecule has 1 saturated heterocycles. The van der Waals surface area contributed by atoms with Gasteiger partial charge in [-0.3, -0.25) is 4.98 Å². The third-order valence-corrected chi connectivity index (χ3v) is 7.92. The Balaban J connectivity index is 1.54. The van der Waals surface area contributed by atoms with Crippen LogP contribution in [0.5, 0.6) is 5.75 Å². The van der Waals surface area contributed by atoms with Gasteiger partial charge in [0.1, 0.15) is 5.75 Å². The van der Waals surface area contributed by atoms with Gasteiger partial charge >= 0.3 is 0 Å². The number of aromatic nitrogens is 2. The lowest BCUT2D eigenvalue weighted by Gasteiger charge is -2.28. The molecule has 6 rings (SSSR count). The summed E-state index contributed by atoms with van der Waals surface area (Å²) in [6, 6.07) is 28.7. The Hall–Kier alpha value is -3.87. The molecule has 0 amide bonds. The highest BCUT2D eigenvalue weighted by molar-refractivity contribution is 7.80. The molecule has 0 unspecified atom stereocenters. The third-order valence-electron chi connectivity index (χ3n) is 7.31. The number of pyridine rings is 1. The van der Waals surface area contributed by atoms with E-state index in [2.05, 4.69) is 77.2 Å². The van der Waals surface area contributed by atoms with E-state index in [0.717, 1.165) is 28.5 Å². The predicted molar refractivity (Wildman–Crippen MR) is 159 cm³/mol. The maximum atomic E-state index is 6.57. The summed E-state index contributed by atoms with van der Waals surface area (Å²) in [4.78, 5) is 6.85. The van der Waals surface area contributed by atoms with Crippen LogP contribution in [0.2, 0.25) is 5.02 Å². The molecular formula is C31H27ClN4OS. The van der Waals surface area contributed by atoms with E-state index in [9.17, 15) is 0 Å². The molecular weight excluding hydrogens is 512 g/mol. The smallest absolute Gasteiger partial charge is 0.174 e. The number of hydrogen-bond acceptors (Lipinski definition) is 3. The first-order chi connectivity index (χ1) is 18.5. The van der Waals surface area contributed by atoms with Crippen molar-refractivity contribution >= 4 is 45.4 Å². The molecule has 1 fully saturated rings. The highest BCUT2D eigenvalue weighted by atomic mass is 35.5. The highest BCUT2D eigenvalue weighted by Gasteiger charge is 2.42. The molecule has 7 heteroatoms. The van der Waals surface area contributed by atoms with Crippen molar-refractivity contribution in [1.29, 1.82) is 0 Å². The summed E-state index contributed by atoms with van der Waals surface area (Å²) in [7, 11) is 1.62. The van der Waals surface area contributed by atoms with Crippen LogP contribution in [0.1, 0.15) is 34.7 Å². The minimum Gasteiger partial charge on any atom is -0.495 e. The maximum Gasteiger partial charge on any atom is 0.174 e. The topological polar surface area (TPSA) is 42.3 Å². The number of anilines is 1. The van der Waals surface area contributed by atoms with Crippen LogP contribution in [0.4, 0.5) is 5.69 Å². The Morgan fingerprint density at radius 2 is 1.74 bits per heavy atom. The van der Waals surface area contributed by atoms with E-state index in [1.807, 2.05) is 42.6 Å². The van der Waals surface area contributed by atoms with Gasteiger partial charge in [-0.1, -0.05) is 54.1 Å². The van der Waals surface area contributed by atoms with E-state index < -0.39 is 0 Å². The number of methoxy groups -OCH3 is 1. The molecule has 1 N–H and O–H groups in total. The van der Waals surface area contributed by atoms with E-state index in [0.29, 0.717) is 15.9 Å². The molecule has 3 heterocycles. The largest absolute Gasteiger partial charge is 0.495 e. The zero-order chi connectivity index (χ0) is 26.4. The fraction of sp³-hybridized carbons (Fsp3) is 0.161. The minimum absolute atomic E-state index is 0.142. The summed E-state index contributed by atoms with van der Waals surface area (Å²) >= 11 is 12.5.